The van der Waals surface area contributed by atoms with Gasteiger partial charge in [0, 0.05) is 6.54 Å². The first-order valence-corrected chi connectivity index (χ1v) is 5.50. The van der Waals surface area contributed by atoms with Gasteiger partial charge in [-0.2, -0.15) is 5.10 Å². The van der Waals surface area contributed by atoms with Gasteiger partial charge in [0.25, 0.3) is 5.56 Å². The van der Waals surface area contributed by atoms with Crippen LogP contribution in [0.5, 0.6) is 0 Å². The van der Waals surface area contributed by atoms with Crippen LogP contribution in [-0.2, 0) is 6.54 Å². The molecule has 6 nitrogen and oxygen atoms in total. The highest BCUT2D eigenvalue weighted by molar-refractivity contribution is 5.74. The van der Waals surface area contributed by atoms with Gasteiger partial charge >= 0.3 is 0 Å². The molecule has 0 aliphatic heterocycles. The molecule has 2 heterocycles. The molecule has 0 bridgehead atoms. The van der Waals surface area contributed by atoms with E-state index in [1.807, 2.05) is 24.3 Å². The molecule has 3 N–H and O–H groups in total. The van der Waals surface area contributed by atoms with E-state index in [1.165, 1.54) is 12.5 Å². The standard InChI is InChI=1S/C12H11N5O/c13-5-8-1-3-9(4-2-8)17-11-10(6-16-17)12(18)15-7-14-11/h1-4,6-7H,5,13H2,(H,14,15,18). The van der Waals surface area contributed by atoms with E-state index in [2.05, 4.69) is 15.1 Å². The number of nitrogens with zero attached hydrogens (tertiary/aromatic N) is 3. The van der Waals surface area contributed by atoms with E-state index in [9.17, 15) is 4.79 Å². The number of hydrogen-bond acceptors (Lipinski definition) is 4. The molecular formula is C12H11N5O. The highest BCUT2D eigenvalue weighted by Crippen LogP contribution is 2.13. The zero-order valence-corrected chi connectivity index (χ0v) is 9.50. The summed E-state index contributed by atoms with van der Waals surface area (Å²) in [6, 6.07) is 7.65. The minimum absolute atomic E-state index is 0.190. The molecule has 0 saturated carbocycles. The van der Waals surface area contributed by atoms with Crippen LogP contribution in [0.1, 0.15) is 5.56 Å². The highest BCUT2D eigenvalue weighted by atomic mass is 16.1. The van der Waals surface area contributed by atoms with Crippen molar-refractivity contribution in [1.29, 1.82) is 0 Å². The first-order chi connectivity index (χ1) is 8.79. The molecule has 0 saturated heterocycles. The van der Waals surface area contributed by atoms with E-state index in [1.54, 1.807) is 4.68 Å². The molecule has 18 heavy (non-hydrogen) atoms. The average Bonchev–Trinajstić information content (AvgIpc) is 2.84. The van der Waals surface area contributed by atoms with Gasteiger partial charge in [-0.3, -0.25) is 4.79 Å². The van der Waals surface area contributed by atoms with Gasteiger partial charge in [-0.25, -0.2) is 9.67 Å². The van der Waals surface area contributed by atoms with Crippen molar-refractivity contribution in [3.05, 3.63) is 52.7 Å². The van der Waals surface area contributed by atoms with Crippen molar-refractivity contribution in [2.75, 3.05) is 0 Å². The number of fused-ring (bicyclic) bond motifs is 1. The normalized spacial score (nSPS) is 10.9. The van der Waals surface area contributed by atoms with Crippen molar-refractivity contribution in [2.24, 2.45) is 5.73 Å². The minimum Gasteiger partial charge on any atom is -0.326 e. The SMILES string of the molecule is NCc1ccc(-n2ncc3c(=O)[nH]cnc32)cc1. The Kier molecular flexibility index (Phi) is 2.42. The van der Waals surface area contributed by atoms with Gasteiger partial charge in [-0.05, 0) is 17.7 Å². The van der Waals surface area contributed by atoms with Gasteiger partial charge in [-0.1, -0.05) is 12.1 Å². The van der Waals surface area contributed by atoms with Crippen molar-refractivity contribution in [3.63, 3.8) is 0 Å². The molecule has 0 atom stereocenters. The third kappa shape index (κ3) is 1.59. The maximum Gasteiger partial charge on any atom is 0.261 e. The van der Waals surface area contributed by atoms with Crippen LogP contribution in [-0.4, -0.2) is 19.7 Å². The van der Waals surface area contributed by atoms with E-state index in [0.29, 0.717) is 17.6 Å². The second-order valence-electron chi connectivity index (χ2n) is 3.90. The molecule has 0 aliphatic rings. The second kappa shape index (κ2) is 4.08. The molecular weight excluding hydrogens is 230 g/mol. The third-order valence-electron chi connectivity index (χ3n) is 2.79. The van der Waals surface area contributed by atoms with Crippen molar-refractivity contribution < 1.29 is 0 Å². The summed E-state index contributed by atoms with van der Waals surface area (Å²) in [5.41, 5.74) is 7.79. The Hall–Kier alpha value is -2.47. The van der Waals surface area contributed by atoms with Gasteiger partial charge in [0.2, 0.25) is 0 Å². The molecule has 1 aromatic carbocycles. The summed E-state index contributed by atoms with van der Waals surface area (Å²) in [4.78, 5) is 18.2. The summed E-state index contributed by atoms with van der Waals surface area (Å²) < 4.78 is 1.63. The lowest BCUT2D eigenvalue weighted by Gasteiger charge is -2.03. The first kappa shape index (κ1) is 10.7. The fourth-order valence-corrected chi connectivity index (χ4v) is 1.82. The van der Waals surface area contributed by atoms with Crippen LogP contribution >= 0.6 is 0 Å². The molecule has 0 unspecified atom stereocenters. The largest absolute Gasteiger partial charge is 0.326 e. The van der Waals surface area contributed by atoms with Crippen LogP contribution in [0.25, 0.3) is 16.7 Å². The lowest BCUT2D eigenvalue weighted by atomic mass is 10.2. The van der Waals surface area contributed by atoms with E-state index < -0.39 is 0 Å². The van der Waals surface area contributed by atoms with E-state index in [-0.39, 0.29) is 5.56 Å². The van der Waals surface area contributed by atoms with Crippen molar-refractivity contribution >= 4 is 11.0 Å². The zero-order valence-electron chi connectivity index (χ0n) is 9.50. The Morgan fingerprint density at radius 2 is 2.06 bits per heavy atom. The number of rotatable bonds is 2. The molecule has 0 radical (unpaired) electrons. The predicted octanol–water partition coefficient (Wildman–Crippen LogP) is 0.567. The lowest BCUT2D eigenvalue weighted by Crippen LogP contribution is -2.06. The number of aromatic amines is 1. The third-order valence-corrected chi connectivity index (χ3v) is 2.79. The van der Waals surface area contributed by atoms with E-state index in [0.717, 1.165) is 11.3 Å². The van der Waals surface area contributed by atoms with E-state index in [4.69, 9.17) is 5.73 Å². The molecule has 6 heteroatoms. The van der Waals surface area contributed by atoms with Crippen LogP contribution in [0.2, 0.25) is 0 Å². The Balaban J connectivity index is 2.19. The average molecular weight is 241 g/mol. The fraction of sp³-hybridized carbons (Fsp3) is 0.0833. The summed E-state index contributed by atoms with van der Waals surface area (Å²) in [7, 11) is 0. The van der Waals surface area contributed by atoms with Gasteiger partial charge in [-0.15, -0.1) is 0 Å². The van der Waals surface area contributed by atoms with E-state index >= 15 is 0 Å². The molecule has 90 valence electrons. The molecule has 0 aliphatic carbocycles. The molecule has 0 spiro atoms. The lowest BCUT2D eigenvalue weighted by molar-refractivity contribution is 0.892. The molecule has 0 amide bonds. The topological polar surface area (TPSA) is 89.6 Å². The predicted molar refractivity (Wildman–Crippen MR) is 67.4 cm³/mol. The van der Waals surface area contributed by atoms with Gasteiger partial charge in [0.15, 0.2) is 5.65 Å². The summed E-state index contributed by atoms with van der Waals surface area (Å²) in [6.45, 7) is 0.498. The Bertz CT molecular complexity index is 741. The summed E-state index contributed by atoms with van der Waals surface area (Å²) in [5.74, 6) is 0. The number of aromatic nitrogens is 4. The summed E-state index contributed by atoms with van der Waals surface area (Å²) in [6.07, 6.45) is 2.88. The van der Waals surface area contributed by atoms with Crippen molar-refractivity contribution in [1.82, 2.24) is 19.7 Å². The number of H-pyrrole nitrogens is 1. The van der Waals surface area contributed by atoms with Crippen LogP contribution in [0, 0.1) is 0 Å². The van der Waals surface area contributed by atoms with Gasteiger partial charge in [0.1, 0.15) is 5.39 Å². The number of nitrogens with one attached hydrogen (secondary N) is 1. The Morgan fingerprint density at radius 3 is 2.78 bits per heavy atom. The Morgan fingerprint density at radius 1 is 1.28 bits per heavy atom. The maximum absolute atomic E-state index is 11.6. The monoisotopic (exact) mass is 241 g/mol. The number of nitrogens with two attached hydrogens (primary N) is 1. The molecule has 3 rings (SSSR count). The summed E-state index contributed by atoms with van der Waals surface area (Å²) in [5, 5.41) is 4.66. The summed E-state index contributed by atoms with van der Waals surface area (Å²) >= 11 is 0. The van der Waals surface area contributed by atoms with Crippen molar-refractivity contribution in [2.45, 2.75) is 6.54 Å². The number of hydrogen-bond donors (Lipinski definition) is 2. The van der Waals surface area contributed by atoms with Gasteiger partial charge < -0.3 is 10.7 Å². The quantitative estimate of drug-likeness (QED) is 0.686. The minimum atomic E-state index is -0.190. The van der Waals surface area contributed by atoms with Crippen LogP contribution in [0.15, 0.2) is 41.6 Å². The van der Waals surface area contributed by atoms with Crippen molar-refractivity contribution in [3.8, 4) is 5.69 Å². The van der Waals surface area contributed by atoms with Gasteiger partial charge in [0.05, 0.1) is 18.2 Å². The van der Waals surface area contributed by atoms with Crippen LogP contribution in [0.4, 0.5) is 0 Å². The smallest absolute Gasteiger partial charge is 0.261 e. The molecule has 2 aromatic heterocycles. The highest BCUT2D eigenvalue weighted by Gasteiger charge is 2.08. The number of benzene rings is 1. The second-order valence-corrected chi connectivity index (χ2v) is 3.90. The van der Waals surface area contributed by atoms with Crippen LogP contribution in [0.3, 0.4) is 0 Å². The van der Waals surface area contributed by atoms with Crippen LogP contribution < -0.4 is 11.3 Å². The Labute approximate surface area is 102 Å². The zero-order chi connectivity index (χ0) is 12.5. The maximum atomic E-state index is 11.6. The fourth-order valence-electron chi connectivity index (χ4n) is 1.82. The first-order valence-electron chi connectivity index (χ1n) is 5.50. The molecule has 3 aromatic rings. The molecule has 0 fully saturated rings.